The molecule has 0 bridgehead atoms. The second-order valence-electron chi connectivity index (χ2n) is 4.54. The average molecular weight is 317 g/mol. The highest BCUT2D eigenvalue weighted by Crippen LogP contribution is 2.29. The van der Waals surface area contributed by atoms with E-state index in [1.165, 1.54) is 17.6 Å². The summed E-state index contributed by atoms with van der Waals surface area (Å²) in [5, 5.41) is 9.97. The van der Waals surface area contributed by atoms with E-state index in [2.05, 4.69) is 15.5 Å². The molecule has 2 aromatic rings. The molecular weight excluding hydrogens is 303 g/mol. The molecule has 2 aromatic heterocycles. The Bertz CT molecular complexity index is 670. The van der Waals surface area contributed by atoms with E-state index >= 15 is 0 Å². The van der Waals surface area contributed by atoms with Crippen molar-refractivity contribution >= 4 is 11.6 Å². The van der Waals surface area contributed by atoms with Crippen LogP contribution >= 0.6 is 0 Å². The third kappa shape index (κ3) is 3.52. The summed E-state index contributed by atoms with van der Waals surface area (Å²) < 4.78 is 44.0. The molecule has 0 saturated heterocycles. The van der Waals surface area contributed by atoms with E-state index in [9.17, 15) is 18.0 Å². The van der Waals surface area contributed by atoms with E-state index in [0.717, 1.165) is 12.3 Å². The van der Waals surface area contributed by atoms with Gasteiger partial charge in [0.25, 0.3) is 0 Å². The summed E-state index contributed by atoms with van der Waals surface area (Å²) in [6.45, 7) is -0.0661. The molecule has 0 spiro atoms. The maximum Gasteiger partial charge on any atom is 0.417 e. The van der Waals surface area contributed by atoms with Crippen LogP contribution in [0.3, 0.4) is 0 Å². The number of fused-ring (bicyclic) bond motifs is 1. The Kier molecular flexibility index (Phi) is 4.62. The van der Waals surface area contributed by atoms with Crippen molar-refractivity contribution in [3.8, 4) is 0 Å². The summed E-state index contributed by atoms with van der Waals surface area (Å²) in [5.74, 6) is -0.329. The second kappa shape index (κ2) is 6.28. The Morgan fingerprint density at radius 2 is 2.18 bits per heavy atom. The first-order chi connectivity index (χ1) is 10.3. The molecular formula is C12H14F3N5O2. The van der Waals surface area contributed by atoms with Gasteiger partial charge in [0.1, 0.15) is 6.04 Å². The number of halogens is 3. The average Bonchev–Trinajstić information content (AvgIpc) is 2.86. The van der Waals surface area contributed by atoms with Crippen molar-refractivity contribution in [1.82, 2.24) is 19.9 Å². The van der Waals surface area contributed by atoms with Crippen molar-refractivity contribution in [3.05, 3.63) is 29.7 Å². The molecule has 1 unspecified atom stereocenters. The van der Waals surface area contributed by atoms with E-state index in [0.29, 0.717) is 0 Å². The zero-order valence-corrected chi connectivity index (χ0v) is 11.6. The number of nitrogens with one attached hydrogen (secondary N) is 1. The Morgan fingerprint density at radius 3 is 2.82 bits per heavy atom. The Morgan fingerprint density at radius 1 is 1.45 bits per heavy atom. The van der Waals surface area contributed by atoms with Crippen molar-refractivity contribution in [2.75, 3.05) is 13.7 Å². The van der Waals surface area contributed by atoms with Crippen molar-refractivity contribution < 1.29 is 22.7 Å². The topological polar surface area (TPSA) is 94.5 Å². The van der Waals surface area contributed by atoms with Gasteiger partial charge >= 0.3 is 6.18 Å². The molecule has 2 rings (SSSR count). The van der Waals surface area contributed by atoms with Crippen LogP contribution in [0.15, 0.2) is 18.3 Å². The summed E-state index contributed by atoms with van der Waals surface area (Å²) in [4.78, 5) is 11.6. The molecule has 7 nitrogen and oxygen atoms in total. The van der Waals surface area contributed by atoms with E-state index in [1.807, 2.05) is 0 Å². The zero-order valence-electron chi connectivity index (χ0n) is 11.6. The Hall–Kier alpha value is -2.20. The fraction of sp³-hybridized carbons (Fsp3) is 0.417. The lowest BCUT2D eigenvalue weighted by molar-refractivity contribution is -0.137. The number of ether oxygens (including phenoxy) is 1. The first-order valence-electron chi connectivity index (χ1n) is 6.26. The van der Waals surface area contributed by atoms with Crippen LogP contribution in [-0.2, 0) is 22.3 Å². The van der Waals surface area contributed by atoms with Crippen LogP contribution in [-0.4, -0.2) is 40.3 Å². The van der Waals surface area contributed by atoms with Crippen molar-refractivity contribution in [1.29, 1.82) is 0 Å². The van der Waals surface area contributed by atoms with Gasteiger partial charge < -0.3 is 15.8 Å². The molecule has 1 atom stereocenters. The van der Waals surface area contributed by atoms with Gasteiger partial charge in [0, 0.05) is 13.3 Å². The van der Waals surface area contributed by atoms with Crippen molar-refractivity contribution in [2.45, 2.75) is 18.8 Å². The molecule has 0 saturated carbocycles. The quantitative estimate of drug-likeness (QED) is 0.829. The standard InChI is InChI=1S/C12H14F3N5O2/c1-22-6-8(16)11(21)17-4-10-19-18-9-3-2-7(5-20(9)10)12(13,14)15/h2-3,5,8H,4,6,16H2,1H3,(H,17,21). The van der Waals surface area contributed by atoms with Gasteiger partial charge in [-0.15, -0.1) is 10.2 Å². The molecule has 120 valence electrons. The van der Waals surface area contributed by atoms with Gasteiger partial charge in [-0.1, -0.05) is 0 Å². The Balaban J connectivity index is 2.16. The van der Waals surface area contributed by atoms with Crippen LogP contribution in [0.4, 0.5) is 13.2 Å². The largest absolute Gasteiger partial charge is 0.417 e. The molecule has 2 heterocycles. The van der Waals surface area contributed by atoms with Gasteiger partial charge in [-0.2, -0.15) is 13.2 Å². The second-order valence-corrected chi connectivity index (χ2v) is 4.54. The van der Waals surface area contributed by atoms with Crippen LogP contribution in [0.5, 0.6) is 0 Å². The minimum absolute atomic E-state index is 0.0324. The predicted octanol–water partition coefficient (Wildman–Crippen LogP) is 0.338. The van der Waals surface area contributed by atoms with Crippen LogP contribution in [0.1, 0.15) is 11.4 Å². The van der Waals surface area contributed by atoms with Crippen LogP contribution in [0.2, 0.25) is 0 Å². The van der Waals surface area contributed by atoms with Gasteiger partial charge in [-0.05, 0) is 12.1 Å². The highest BCUT2D eigenvalue weighted by atomic mass is 19.4. The SMILES string of the molecule is COCC(N)C(=O)NCc1nnc2ccc(C(F)(F)F)cn12. The predicted molar refractivity (Wildman–Crippen MR) is 69.7 cm³/mol. The Labute approximate surface area is 123 Å². The molecule has 0 aliphatic carbocycles. The smallest absolute Gasteiger partial charge is 0.383 e. The number of nitrogens with two attached hydrogens (primary N) is 1. The number of hydrogen-bond acceptors (Lipinski definition) is 5. The summed E-state index contributed by atoms with van der Waals surface area (Å²) in [6, 6.07) is 1.26. The van der Waals surface area contributed by atoms with Crippen LogP contribution in [0.25, 0.3) is 5.65 Å². The first kappa shape index (κ1) is 16.2. The number of methoxy groups -OCH3 is 1. The summed E-state index contributed by atoms with van der Waals surface area (Å²) >= 11 is 0. The molecule has 10 heteroatoms. The van der Waals surface area contributed by atoms with E-state index < -0.39 is 23.7 Å². The number of rotatable bonds is 5. The molecule has 0 aliphatic heterocycles. The molecule has 1 amide bonds. The molecule has 0 aliphatic rings. The minimum Gasteiger partial charge on any atom is -0.383 e. The number of aromatic nitrogens is 3. The number of carbonyl (C=O) groups excluding carboxylic acids is 1. The van der Waals surface area contributed by atoms with E-state index in [-0.39, 0.29) is 24.6 Å². The zero-order chi connectivity index (χ0) is 16.3. The lowest BCUT2D eigenvalue weighted by Crippen LogP contribution is -2.43. The number of pyridine rings is 1. The first-order valence-corrected chi connectivity index (χ1v) is 6.26. The number of amides is 1. The van der Waals surface area contributed by atoms with Crippen molar-refractivity contribution in [3.63, 3.8) is 0 Å². The number of hydrogen-bond donors (Lipinski definition) is 2. The molecule has 0 fully saturated rings. The third-order valence-electron chi connectivity index (χ3n) is 2.90. The van der Waals surface area contributed by atoms with Crippen LogP contribution < -0.4 is 11.1 Å². The van der Waals surface area contributed by atoms with Gasteiger partial charge in [0.05, 0.1) is 18.7 Å². The van der Waals surface area contributed by atoms with E-state index in [4.69, 9.17) is 10.5 Å². The fourth-order valence-corrected chi connectivity index (χ4v) is 1.78. The van der Waals surface area contributed by atoms with Crippen LogP contribution in [0, 0.1) is 0 Å². The molecule has 0 radical (unpaired) electrons. The fourth-order valence-electron chi connectivity index (χ4n) is 1.78. The summed E-state index contributed by atoms with van der Waals surface area (Å²) in [6.07, 6.45) is -3.59. The number of alkyl halides is 3. The minimum atomic E-state index is -4.47. The molecule has 22 heavy (non-hydrogen) atoms. The molecule has 3 N–H and O–H groups in total. The normalized spacial score (nSPS) is 13.3. The highest BCUT2D eigenvalue weighted by Gasteiger charge is 2.31. The van der Waals surface area contributed by atoms with Gasteiger partial charge in [0.15, 0.2) is 11.5 Å². The number of nitrogens with zero attached hydrogens (tertiary/aromatic N) is 3. The lowest BCUT2D eigenvalue weighted by Gasteiger charge is -2.11. The lowest BCUT2D eigenvalue weighted by atomic mass is 10.3. The highest BCUT2D eigenvalue weighted by molar-refractivity contribution is 5.81. The van der Waals surface area contributed by atoms with E-state index in [1.54, 1.807) is 0 Å². The summed E-state index contributed by atoms with van der Waals surface area (Å²) in [7, 11) is 1.40. The van der Waals surface area contributed by atoms with Gasteiger partial charge in [-0.3, -0.25) is 9.20 Å². The van der Waals surface area contributed by atoms with Gasteiger partial charge in [-0.25, -0.2) is 0 Å². The summed E-state index contributed by atoms with van der Waals surface area (Å²) in [5.41, 5.74) is 4.95. The van der Waals surface area contributed by atoms with Gasteiger partial charge in [0.2, 0.25) is 5.91 Å². The monoisotopic (exact) mass is 317 g/mol. The maximum atomic E-state index is 12.7. The third-order valence-corrected chi connectivity index (χ3v) is 2.90. The maximum absolute atomic E-state index is 12.7. The van der Waals surface area contributed by atoms with Crippen molar-refractivity contribution in [2.24, 2.45) is 5.73 Å². The molecule has 0 aromatic carbocycles. The number of carbonyl (C=O) groups is 1.